The van der Waals surface area contributed by atoms with Crippen LogP contribution in [0.4, 0.5) is 0 Å². The molecule has 0 heterocycles. The van der Waals surface area contributed by atoms with Gasteiger partial charge in [0.05, 0.1) is 0 Å². The van der Waals surface area contributed by atoms with Gasteiger partial charge in [-0.2, -0.15) is 11.8 Å². The van der Waals surface area contributed by atoms with Crippen LogP contribution >= 0.6 is 11.8 Å². The number of hydrogen-bond acceptors (Lipinski definition) is 2. The maximum Gasteiger partial charge on any atom is 0.0198 e. The second kappa shape index (κ2) is 6.72. The van der Waals surface area contributed by atoms with Crippen molar-refractivity contribution in [3.8, 4) is 0 Å². The molecular formula is C11H23NS. The highest BCUT2D eigenvalue weighted by atomic mass is 32.2. The SMILES string of the molecule is CCCSC(CN)C1CCCCC1. The molecule has 1 aliphatic carbocycles. The zero-order valence-corrected chi connectivity index (χ0v) is 9.61. The summed E-state index contributed by atoms with van der Waals surface area (Å²) in [4.78, 5) is 0. The van der Waals surface area contributed by atoms with Gasteiger partial charge in [-0.15, -0.1) is 0 Å². The second-order valence-electron chi connectivity index (χ2n) is 4.04. The first-order valence-corrected chi connectivity index (χ1v) is 6.75. The van der Waals surface area contributed by atoms with Crippen LogP contribution in [-0.2, 0) is 0 Å². The molecule has 0 aliphatic heterocycles. The highest BCUT2D eigenvalue weighted by Gasteiger charge is 2.22. The van der Waals surface area contributed by atoms with Gasteiger partial charge in [0.1, 0.15) is 0 Å². The van der Waals surface area contributed by atoms with E-state index in [1.54, 1.807) is 0 Å². The van der Waals surface area contributed by atoms with E-state index in [-0.39, 0.29) is 0 Å². The van der Waals surface area contributed by atoms with Gasteiger partial charge < -0.3 is 5.73 Å². The van der Waals surface area contributed by atoms with Gasteiger partial charge in [-0.3, -0.25) is 0 Å². The van der Waals surface area contributed by atoms with Gasteiger partial charge in [-0.1, -0.05) is 26.2 Å². The molecule has 0 bridgehead atoms. The minimum absolute atomic E-state index is 0.750. The minimum atomic E-state index is 0.750. The molecule has 2 heteroatoms. The smallest absolute Gasteiger partial charge is 0.0198 e. The van der Waals surface area contributed by atoms with Crippen LogP contribution in [0.5, 0.6) is 0 Å². The van der Waals surface area contributed by atoms with Crippen LogP contribution in [0, 0.1) is 5.92 Å². The third-order valence-electron chi connectivity index (χ3n) is 2.94. The van der Waals surface area contributed by atoms with Crippen molar-refractivity contribution in [1.82, 2.24) is 0 Å². The van der Waals surface area contributed by atoms with E-state index in [1.165, 1.54) is 44.3 Å². The van der Waals surface area contributed by atoms with E-state index in [0.717, 1.165) is 17.7 Å². The summed E-state index contributed by atoms with van der Waals surface area (Å²) < 4.78 is 0. The predicted octanol–water partition coefficient (Wildman–Crippen LogP) is 3.04. The molecular weight excluding hydrogens is 178 g/mol. The standard InChI is InChI=1S/C11H23NS/c1-2-8-13-11(9-12)10-6-4-3-5-7-10/h10-11H,2-9,12H2,1H3. The number of nitrogens with two attached hydrogens (primary N) is 1. The lowest BCUT2D eigenvalue weighted by Crippen LogP contribution is -2.28. The highest BCUT2D eigenvalue weighted by Crippen LogP contribution is 2.32. The Morgan fingerprint density at radius 2 is 2.00 bits per heavy atom. The van der Waals surface area contributed by atoms with E-state index < -0.39 is 0 Å². The second-order valence-corrected chi connectivity index (χ2v) is 5.39. The van der Waals surface area contributed by atoms with Crippen molar-refractivity contribution in [2.45, 2.75) is 50.7 Å². The molecule has 1 rings (SSSR count). The molecule has 0 spiro atoms. The molecule has 0 saturated heterocycles. The summed E-state index contributed by atoms with van der Waals surface area (Å²) in [5, 5.41) is 0.750. The largest absolute Gasteiger partial charge is 0.329 e. The number of thioether (sulfide) groups is 1. The average Bonchev–Trinajstić information content (AvgIpc) is 2.21. The van der Waals surface area contributed by atoms with E-state index >= 15 is 0 Å². The van der Waals surface area contributed by atoms with Crippen LogP contribution in [0.1, 0.15) is 45.4 Å². The molecule has 1 unspecified atom stereocenters. The van der Waals surface area contributed by atoms with Gasteiger partial charge in [0.15, 0.2) is 0 Å². The Hall–Kier alpha value is 0.310. The molecule has 0 aromatic rings. The van der Waals surface area contributed by atoms with Crippen LogP contribution in [-0.4, -0.2) is 17.5 Å². The summed E-state index contributed by atoms with van der Waals surface area (Å²) >= 11 is 2.10. The zero-order valence-electron chi connectivity index (χ0n) is 8.80. The van der Waals surface area contributed by atoms with Crippen molar-refractivity contribution in [3.05, 3.63) is 0 Å². The molecule has 13 heavy (non-hydrogen) atoms. The Bertz CT molecular complexity index is 121. The van der Waals surface area contributed by atoms with E-state index in [1.807, 2.05) is 0 Å². The quantitative estimate of drug-likeness (QED) is 0.740. The van der Waals surface area contributed by atoms with Gasteiger partial charge in [0, 0.05) is 11.8 Å². The molecule has 0 radical (unpaired) electrons. The van der Waals surface area contributed by atoms with Gasteiger partial charge in [0.2, 0.25) is 0 Å². The minimum Gasteiger partial charge on any atom is -0.329 e. The lowest BCUT2D eigenvalue weighted by Gasteiger charge is -2.28. The van der Waals surface area contributed by atoms with Gasteiger partial charge in [0.25, 0.3) is 0 Å². The molecule has 1 atom stereocenters. The number of hydrogen-bond donors (Lipinski definition) is 1. The summed E-state index contributed by atoms with van der Waals surface area (Å²) in [6.07, 6.45) is 8.47. The third kappa shape index (κ3) is 3.90. The van der Waals surface area contributed by atoms with E-state index in [9.17, 15) is 0 Å². The highest BCUT2D eigenvalue weighted by molar-refractivity contribution is 7.99. The zero-order chi connectivity index (χ0) is 9.52. The molecule has 0 amide bonds. The monoisotopic (exact) mass is 201 g/mol. The Labute approximate surface area is 86.8 Å². The Morgan fingerprint density at radius 3 is 2.54 bits per heavy atom. The Kier molecular flexibility index (Phi) is 5.88. The van der Waals surface area contributed by atoms with Crippen LogP contribution in [0.3, 0.4) is 0 Å². The maximum absolute atomic E-state index is 5.82. The molecule has 78 valence electrons. The normalized spacial score (nSPS) is 21.7. The fraction of sp³-hybridized carbons (Fsp3) is 1.00. The van der Waals surface area contributed by atoms with Gasteiger partial charge in [-0.25, -0.2) is 0 Å². The topological polar surface area (TPSA) is 26.0 Å². The first-order valence-electron chi connectivity index (χ1n) is 5.70. The van der Waals surface area contributed by atoms with E-state index in [2.05, 4.69) is 18.7 Å². The van der Waals surface area contributed by atoms with E-state index in [0.29, 0.717) is 0 Å². The lowest BCUT2D eigenvalue weighted by atomic mass is 9.87. The first-order chi connectivity index (χ1) is 6.38. The fourth-order valence-corrected chi connectivity index (χ4v) is 3.39. The molecule has 1 nitrogen and oxygen atoms in total. The Morgan fingerprint density at radius 1 is 1.31 bits per heavy atom. The van der Waals surface area contributed by atoms with Crippen molar-refractivity contribution < 1.29 is 0 Å². The van der Waals surface area contributed by atoms with Crippen molar-refractivity contribution >= 4 is 11.8 Å². The average molecular weight is 201 g/mol. The summed E-state index contributed by atoms with van der Waals surface area (Å²) in [6, 6.07) is 0. The maximum atomic E-state index is 5.82. The van der Waals surface area contributed by atoms with Crippen molar-refractivity contribution in [3.63, 3.8) is 0 Å². The van der Waals surface area contributed by atoms with Crippen molar-refractivity contribution in [2.24, 2.45) is 11.7 Å². The predicted molar refractivity (Wildman–Crippen MR) is 62.2 cm³/mol. The van der Waals surface area contributed by atoms with Crippen LogP contribution in [0.25, 0.3) is 0 Å². The van der Waals surface area contributed by atoms with Gasteiger partial charge in [-0.05, 0) is 30.9 Å². The van der Waals surface area contributed by atoms with Crippen LogP contribution in [0.15, 0.2) is 0 Å². The van der Waals surface area contributed by atoms with Crippen LogP contribution in [0.2, 0.25) is 0 Å². The molecule has 1 aliphatic rings. The molecule has 0 aromatic carbocycles. The summed E-state index contributed by atoms with van der Waals surface area (Å²) in [6.45, 7) is 3.14. The molecule has 1 fully saturated rings. The summed E-state index contributed by atoms with van der Waals surface area (Å²) in [7, 11) is 0. The van der Waals surface area contributed by atoms with Crippen LogP contribution < -0.4 is 5.73 Å². The molecule has 0 aromatic heterocycles. The number of rotatable bonds is 5. The van der Waals surface area contributed by atoms with Crippen molar-refractivity contribution in [1.29, 1.82) is 0 Å². The summed E-state index contributed by atoms with van der Waals surface area (Å²) in [5.41, 5.74) is 5.82. The first kappa shape index (κ1) is 11.4. The lowest BCUT2D eigenvalue weighted by molar-refractivity contribution is 0.351. The third-order valence-corrected chi connectivity index (χ3v) is 4.59. The summed E-state index contributed by atoms with van der Waals surface area (Å²) in [5.74, 6) is 2.22. The Balaban J connectivity index is 2.26. The van der Waals surface area contributed by atoms with Gasteiger partial charge >= 0.3 is 0 Å². The van der Waals surface area contributed by atoms with Crippen molar-refractivity contribution in [2.75, 3.05) is 12.3 Å². The fourth-order valence-electron chi connectivity index (χ4n) is 2.17. The van der Waals surface area contributed by atoms with E-state index in [4.69, 9.17) is 5.73 Å². The molecule has 1 saturated carbocycles. The molecule has 2 N–H and O–H groups in total.